The molecule has 1 aliphatic heterocycles. The highest BCUT2D eigenvalue weighted by Crippen LogP contribution is 2.39. The van der Waals surface area contributed by atoms with Crippen LogP contribution in [0.25, 0.3) is 0 Å². The zero-order chi connectivity index (χ0) is 25.6. The van der Waals surface area contributed by atoms with Crippen LogP contribution in [0.15, 0.2) is 48.8 Å². The van der Waals surface area contributed by atoms with Gasteiger partial charge in [-0.1, -0.05) is 24.3 Å². The number of hydrogen-bond donors (Lipinski definition) is 2. The molecule has 186 valence electrons. The Morgan fingerprint density at radius 1 is 1.14 bits per heavy atom. The topological polar surface area (TPSA) is 96.3 Å². The van der Waals surface area contributed by atoms with Gasteiger partial charge in [0.05, 0.1) is 12.9 Å². The minimum Gasteiger partial charge on any atom is -0.350 e. The summed E-state index contributed by atoms with van der Waals surface area (Å²) >= 11 is 0. The Hall–Kier alpha value is -4.01. The van der Waals surface area contributed by atoms with Crippen LogP contribution in [0.3, 0.4) is 0 Å². The van der Waals surface area contributed by atoms with Crippen molar-refractivity contribution in [1.29, 1.82) is 0 Å². The maximum absolute atomic E-state index is 13.8. The first-order chi connectivity index (χ1) is 17.2. The molecule has 2 heterocycles. The average molecular weight is 490 g/mol. The van der Waals surface area contributed by atoms with E-state index in [9.17, 15) is 18.8 Å². The van der Waals surface area contributed by atoms with Crippen LogP contribution in [0.2, 0.25) is 0 Å². The van der Waals surface area contributed by atoms with Gasteiger partial charge in [-0.3, -0.25) is 14.4 Å². The van der Waals surface area contributed by atoms with Crippen LogP contribution >= 0.6 is 0 Å². The summed E-state index contributed by atoms with van der Waals surface area (Å²) in [6.45, 7) is 5.95. The highest BCUT2D eigenvalue weighted by atomic mass is 19.1. The van der Waals surface area contributed by atoms with Crippen molar-refractivity contribution in [1.82, 2.24) is 19.8 Å². The normalized spacial score (nSPS) is 19.1. The monoisotopic (exact) mass is 489 g/mol. The standard InChI is InChI=1S/C27H28FN5O3/c1-16-4-5-17(2)21(12-16)31-24(34)22-23-25(35)33(20-10-11-20)27(3,14-32(23)15-30-22)26(36)29-13-18-6-8-19(28)9-7-18/h4-9,12,15,20H,10-11,13-14H2,1-3H3,(H,29,36)(H,31,34)/t27-/m1/s1. The Morgan fingerprint density at radius 2 is 1.86 bits per heavy atom. The number of hydrogen-bond acceptors (Lipinski definition) is 4. The summed E-state index contributed by atoms with van der Waals surface area (Å²) < 4.78 is 14.8. The molecule has 5 rings (SSSR count). The first-order valence-corrected chi connectivity index (χ1v) is 12.0. The number of imidazole rings is 1. The van der Waals surface area contributed by atoms with Crippen molar-refractivity contribution in [3.63, 3.8) is 0 Å². The van der Waals surface area contributed by atoms with Crippen LogP contribution < -0.4 is 10.6 Å². The summed E-state index contributed by atoms with van der Waals surface area (Å²) in [7, 11) is 0. The number of carbonyl (C=O) groups is 3. The highest BCUT2D eigenvalue weighted by molar-refractivity contribution is 6.12. The molecule has 36 heavy (non-hydrogen) atoms. The molecule has 1 saturated carbocycles. The number of nitrogens with one attached hydrogen (secondary N) is 2. The van der Waals surface area contributed by atoms with Crippen molar-refractivity contribution in [2.24, 2.45) is 0 Å². The van der Waals surface area contributed by atoms with Crippen molar-refractivity contribution < 1.29 is 18.8 Å². The summed E-state index contributed by atoms with van der Waals surface area (Å²) in [5.41, 5.74) is 2.39. The van der Waals surface area contributed by atoms with Gasteiger partial charge >= 0.3 is 0 Å². The molecule has 2 aliphatic rings. The van der Waals surface area contributed by atoms with Gasteiger partial charge in [0.25, 0.3) is 11.8 Å². The van der Waals surface area contributed by atoms with Gasteiger partial charge in [-0.15, -0.1) is 0 Å². The molecular formula is C27H28FN5O3. The van der Waals surface area contributed by atoms with Gasteiger partial charge in [0, 0.05) is 18.3 Å². The molecule has 1 aromatic heterocycles. The molecule has 1 fully saturated rings. The van der Waals surface area contributed by atoms with Gasteiger partial charge in [-0.25, -0.2) is 9.37 Å². The van der Waals surface area contributed by atoms with Crippen molar-refractivity contribution in [3.05, 3.63) is 82.7 Å². The predicted molar refractivity (Wildman–Crippen MR) is 132 cm³/mol. The number of fused-ring (bicyclic) bond motifs is 1. The second-order valence-corrected chi connectivity index (χ2v) is 9.83. The second kappa shape index (κ2) is 8.89. The molecule has 0 spiro atoms. The SMILES string of the molecule is Cc1ccc(C)c(NC(=O)c2ncn3c2C(=O)N(C2CC2)[C@@](C)(C(=O)NCc2ccc(F)cc2)C3)c1. The Morgan fingerprint density at radius 3 is 2.56 bits per heavy atom. The molecule has 2 N–H and O–H groups in total. The van der Waals surface area contributed by atoms with E-state index in [1.807, 2.05) is 32.0 Å². The molecule has 0 bridgehead atoms. The van der Waals surface area contributed by atoms with Gasteiger partial charge in [0.1, 0.15) is 17.1 Å². The van der Waals surface area contributed by atoms with E-state index in [1.165, 1.54) is 18.5 Å². The van der Waals surface area contributed by atoms with Crippen molar-refractivity contribution >= 4 is 23.4 Å². The fraction of sp³-hybridized carbons (Fsp3) is 0.333. The smallest absolute Gasteiger partial charge is 0.276 e. The summed E-state index contributed by atoms with van der Waals surface area (Å²) in [5, 5.41) is 5.78. The molecule has 1 atom stereocenters. The largest absolute Gasteiger partial charge is 0.350 e. The Bertz CT molecular complexity index is 1360. The quantitative estimate of drug-likeness (QED) is 0.553. The predicted octanol–water partition coefficient (Wildman–Crippen LogP) is 3.58. The number of rotatable bonds is 6. The van der Waals surface area contributed by atoms with Gasteiger partial charge in [-0.2, -0.15) is 0 Å². The van der Waals surface area contributed by atoms with Crippen LogP contribution in [-0.4, -0.2) is 43.8 Å². The number of carbonyl (C=O) groups excluding carboxylic acids is 3. The number of amides is 3. The first kappa shape index (κ1) is 23.7. The van der Waals surface area contributed by atoms with Crippen molar-refractivity contribution in [2.75, 3.05) is 5.32 Å². The molecule has 2 aromatic carbocycles. The Labute approximate surface area is 208 Å². The van der Waals surface area contributed by atoms with E-state index in [2.05, 4.69) is 15.6 Å². The fourth-order valence-electron chi connectivity index (χ4n) is 4.75. The van der Waals surface area contributed by atoms with E-state index in [0.717, 1.165) is 29.5 Å². The van der Waals surface area contributed by atoms with Gasteiger partial charge in [0.2, 0.25) is 5.91 Å². The zero-order valence-corrected chi connectivity index (χ0v) is 20.5. The summed E-state index contributed by atoms with van der Waals surface area (Å²) in [5.74, 6) is -1.51. The lowest BCUT2D eigenvalue weighted by Gasteiger charge is -2.44. The lowest BCUT2D eigenvalue weighted by atomic mass is 9.93. The van der Waals surface area contributed by atoms with E-state index in [4.69, 9.17) is 0 Å². The van der Waals surface area contributed by atoms with Crippen LogP contribution in [0.4, 0.5) is 10.1 Å². The van der Waals surface area contributed by atoms with Crippen molar-refractivity contribution in [2.45, 2.75) is 58.3 Å². The lowest BCUT2D eigenvalue weighted by Crippen LogP contribution is -2.64. The third kappa shape index (κ3) is 4.25. The van der Waals surface area contributed by atoms with E-state index < -0.39 is 11.4 Å². The summed E-state index contributed by atoms with van der Waals surface area (Å²) in [6.07, 6.45) is 3.04. The molecule has 9 heteroatoms. The summed E-state index contributed by atoms with van der Waals surface area (Å²) in [6, 6.07) is 11.6. The molecule has 0 saturated heterocycles. The molecule has 8 nitrogen and oxygen atoms in total. The van der Waals surface area contributed by atoms with E-state index in [-0.39, 0.29) is 48.2 Å². The molecule has 1 aliphatic carbocycles. The van der Waals surface area contributed by atoms with Crippen LogP contribution in [0.1, 0.15) is 57.4 Å². The molecular weight excluding hydrogens is 461 g/mol. The third-order valence-electron chi connectivity index (χ3n) is 6.89. The number of aryl methyl sites for hydroxylation is 2. The number of nitrogens with zero attached hydrogens (tertiary/aromatic N) is 3. The van der Waals surface area contributed by atoms with Crippen LogP contribution in [0, 0.1) is 19.7 Å². The lowest BCUT2D eigenvalue weighted by molar-refractivity contribution is -0.133. The van der Waals surface area contributed by atoms with Crippen molar-refractivity contribution in [3.8, 4) is 0 Å². The first-order valence-electron chi connectivity index (χ1n) is 12.0. The van der Waals surface area contributed by atoms with Crippen LogP contribution in [-0.2, 0) is 17.9 Å². The number of halogens is 1. The summed E-state index contributed by atoms with van der Waals surface area (Å²) in [4.78, 5) is 46.2. The maximum Gasteiger partial charge on any atom is 0.276 e. The number of aromatic nitrogens is 2. The number of anilines is 1. The second-order valence-electron chi connectivity index (χ2n) is 9.83. The van der Waals surface area contributed by atoms with Gasteiger partial charge in [0.15, 0.2) is 5.69 Å². The van der Waals surface area contributed by atoms with E-state index in [1.54, 1.807) is 28.5 Å². The molecule has 3 amide bonds. The highest BCUT2D eigenvalue weighted by Gasteiger charge is 2.53. The maximum atomic E-state index is 13.8. The molecule has 0 radical (unpaired) electrons. The van der Waals surface area contributed by atoms with E-state index in [0.29, 0.717) is 5.69 Å². The minimum atomic E-state index is -1.16. The average Bonchev–Trinajstić information content (AvgIpc) is 3.58. The fourth-order valence-corrected chi connectivity index (χ4v) is 4.75. The van der Waals surface area contributed by atoms with Gasteiger partial charge in [-0.05, 0) is 68.5 Å². The van der Waals surface area contributed by atoms with Crippen LogP contribution in [0.5, 0.6) is 0 Å². The third-order valence-corrected chi connectivity index (χ3v) is 6.89. The molecule has 3 aromatic rings. The minimum absolute atomic E-state index is 0.0420. The zero-order valence-electron chi connectivity index (χ0n) is 20.5. The Kier molecular flexibility index (Phi) is 5.86. The Balaban J connectivity index is 1.41. The molecule has 0 unspecified atom stereocenters. The number of benzene rings is 2. The van der Waals surface area contributed by atoms with E-state index >= 15 is 0 Å². The van der Waals surface area contributed by atoms with Gasteiger partial charge < -0.3 is 20.1 Å².